The van der Waals surface area contributed by atoms with Crippen molar-refractivity contribution in [2.24, 2.45) is 0 Å². The normalized spacial score (nSPS) is 10.7. The Hall–Kier alpha value is -2.75. The molecule has 0 aliphatic rings. The molecule has 1 heterocycles. The molecule has 3 aromatic rings. The topological polar surface area (TPSA) is 54.9 Å². The molecule has 1 aromatic heterocycles. The van der Waals surface area contributed by atoms with Crippen molar-refractivity contribution < 1.29 is 4.79 Å². The Balaban J connectivity index is 1.72. The molecule has 0 aliphatic carbocycles. The smallest absolute Gasteiger partial charge is 0.275 e. The fourth-order valence-corrected chi connectivity index (χ4v) is 2.40. The average molecular weight is 305 g/mol. The maximum atomic E-state index is 12.3. The fraction of sp³-hybridized carbons (Fsp3) is 0.211. The summed E-state index contributed by atoms with van der Waals surface area (Å²) in [7, 11) is 0. The van der Waals surface area contributed by atoms with E-state index in [2.05, 4.69) is 34.3 Å². The zero-order valence-corrected chi connectivity index (χ0v) is 13.1. The molecule has 4 nitrogen and oxygen atoms in total. The monoisotopic (exact) mass is 305 g/mol. The third-order valence-corrected chi connectivity index (χ3v) is 3.71. The van der Waals surface area contributed by atoms with Gasteiger partial charge in [0.1, 0.15) is 5.69 Å². The van der Waals surface area contributed by atoms with Gasteiger partial charge in [0.2, 0.25) is 0 Å². The molecule has 1 N–H and O–H groups in total. The van der Waals surface area contributed by atoms with Crippen molar-refractivity contribution in [3.63, 3.8) is 0 Å². The molecule has 0 atom stereocenters. The van der Waals surface area contributed by atoms with E-state index in [1.165, 1.54) is 24.6 Å². The van der Waals surface area contributed by atoms with E-state index in [1.54, 1.807) is 0 Å². The summed E-state index contributed by atoms with van der Waals surface area (Å²) in [6, 6.07) is 15.5. The number of aryl methyl sites for hydroxylation is 1. The van der Waals surface area contributed by atoms with E-state index in [1.807, 2.05) is 36.4 Å². The highest BCUT2D eigenvalue weighted by Gasteiger charge is 2.09. The molecule has 0 radical (unpaired) electrons. The van der Waals surface area contributed by atoms with Crippen LogP contribution in [0.25, 0.3) is 11.0 Å². The zero-order valence-electron chi connectivity index (χ0n) is 13.1. The van der Waals surface area contributed by atoms with Crippen LogP contribution in [0.3, 0.4) is 0 Å². The molecule has 0 bridgehead atoms. The van der Waals surface area contributed by atoms with E-state index in [-0.39, 0.29) is 5.91 Å². The van der Waals surface area contributed by atoms with E-state index in [0.717, 1.165) is 23.1 Å². The van der Waals surface area contributed by atoms with Crippen molar-refractivity contribution in [3.05, 3.63) is 66.0 Å². The lowest BCUT2D eigenvalue weighted by Crippen LogP contribution is -2.14. The van der Waals surface area contributed by atoms with Crippen LogP contribution in [0.5, 0.6) is 0 Å². The largest absolute Gasteiger partial charge is 0.321 e. The number of aromatic nitrogens is 2. The third-order valence-electron chi connectivity index (χ3n) is 3.71. The van der Waals surface area contributed by atoms with Gasteiger partial charge in [0.25, 0.3) is 5.91 Å². The number of rotatable bonds is 5. The lowest BCUT2D eigenvalue weighted by molar-refractivity contribution is 0.102. The van der Waals surface area contributed by atoms with Crippen molar-refractivity contribution in [1.82, 2.24) is 9.97 Å². The standard InChI is InChI=1S/C19H19N3O/c1-2-3-6-14-9-11-15(12-10-14)21-19(23)18-13-20-16-7-4-5-8-17(16)22-18/h4-5,7-13H,2-3,6H2,1H3,(H,21,23). The van der Waals surface area contributed by atoms with Gasteiger partial charge in [0.15, 0.2) is 0 Å². The zero-order chi connectivity index (χ0) is 16.1. The number of fused-ring (bicyclic) bond motifs is 1. The summed E-state index contributed by atoms with van der Waals surface area (Å²) in [6.45, 7) is 2.18. The predicted octanol–water partition coefficient (Wildman–Crippen LogP) is 4.22. The second-order valence-corrected chi connectivity index (χ2v) is 5.50. The number of benzene rings is 2. The molecule has 1 amide bonds. The Kier molecular flexibility index (Phi) is 4.62. The van der Waals surface area contributed by atoms with Gasteiger partial charge in [-0.15, -0.1) is 0 Å². The number of unbranched alkanes of at least 4 members (excludes halogenated alkanes) is 1. The maximum Gasteiger partial charge on any atom is 0.275 e. The molecule has 2 aromatic carbocycles. The van der Waals surface area contributed by atoms with Crippen molar-refractivity contribution in [2.75, 3.05) is 5.32 Å². The van der Waals surface area contributed by atoms with E-state index in [9.17, 15) is 4.79 Å². The van der Waals surface area contributed by atoms with E-state index >= 15 is 0 Å². The highest BCUT2D eigenvalue weighted by atomic mass is 16.1. The van der Waals surface area contributed by atoms with Gasteiger partial charge in [-0.1, -0.05) is 37.6 Å². The van der Waals surface area contributed by atoms with Crippen molar-refractivity contribution in [1.29, 1.82) is 0 Å². The molecule has 0 aliphatic heterocycles. The first kappa shape index (κ1) is 15.2. The van der Waals surface area contributed by atoms with E-state index < -0.39 is 0 Å². The Labute approximate surface area is 135 Å². The van der Waals surface area contributed by atoms with Crippen molar-refractivity contribution >= 4 is 22.6 Å². The Morgan fingerprint density at radius 3 is 2.52 bits per heavy atom. The van der Waals surface area contributed by atoms with Crippen LogP contribution in [-0.2, 0) is 6.42 Å². The molecule has 0 saturated heterocycles. The van der Waals surface area contributed by atoms with Gasteiger partial charge in [-0.05, 0) is 42.7 Å². The van der Waals surface area contributed by atoms with Crippen LogP contribution < -0.4 is 5.32 Å². The van der Waals surface area contributed by atoms with Crippen LogP contribution in [0.2, 0.25) is 0 Å². The minimum Gasteiger partial charge on any atom is -0.321 e. The van der Waals surface area contributed by atoms with Gasteiger partial charge in [-0.2, -0.15) is 0 Å². The predicted molar refractivity (Wildman–Crippen MR) is 92.5 cm³/mol. The van der Waals surface area contributed by atoms with Gasteiger partial charge in [0.05, 0.1) is 17.2 Å². The minimum atomic E-state index is -0.246. The first-order valence-electron chi connectivity index (χ1n) is 7.88. The van der Waals surface area contributed by atoms with Crippen LogP contribution >= 0.6 is 0 Å². The third kappa shape index (κ3) is 3.72. The molecule has 0 spiro atoms. The summed E-state index contributed by atoms with van der Waals surface area (Å²) in [5, 5.41) is 2.86. The first-order chi connectivity index (χ1) is 11.3. The van der Waals surface area contributed by atoms with Gasteiger partial charge in [0, 0.05) is 5.69 Å². The lowest BCUT2D eigenvalue weighted by Gasteiger charge is -2.06. The number of nitrogens with zero attached hydrogens (tertiary/aromatic N) is 2. The maximum absolute atomic E-state index is 12.3. The van der Waals surface area contributed by atoms with Crippen LogP contribution in [0, 0.1) is 0 Å². The molecule has 23 heavy (non-hydrogen) atoms. The average Bonchev–Trinajstić information content (AvgIpc) is 2.60. The number of carbonyl (C=O) groups excluding carboxylic acids is 1. The summed E-state index contributed by atoms with van der Waals surface area (Å²) >= 11 is 0. The lowest BCUT2D eigenvalue weighted by atomic mass is 10.1. The number of para-hydroxylation sites is 2. The quantitative estimate of drug-likeness (QED) is 0.767. The second-order valence-electron chi connectivity index (χ2n) is 5.50. The van der Waals surface area contributed by atoms with Crippen LogP contribution in [-0.4, -0.2) is 15.9 Å². The molecular weight excluding hydrogens is 286 g/mol. The van der Waals surface area contributed by atoms with E-state index in [0.29, 0.717) is 5.69 Å². The number of carbonyl (C=O) groups is 1. The first-order valence-corrected chi connectivity index (χ1v) is 7.88. The number of nitrogens with one attached hydrogen (secondary N) is 1. The highest BCUT2D eigenvalue weighted by Crippen LogP contribution is 2.14. The molecule has 116 valence electrons. The van der Waals surface area contributed by atoms with Crippen LogP contribution in [0.4, 0.5) is 5.69 Å². The highest BCUT2D eigenvalue weighted by molar-refractivity contribution is 6.03. The number of amides is 1. The van der Waals surface area contributed by atoms with Gasteiger partial charge in [-0.3, -0.25) is 9.78 Å². The van der Waals surface area contributed by atoms with E-state index in [4.69, 9.17) is 0 Å². The molecule has 0 unspecified atom stereocenters. The van der Waals surface area contributed by atoms with Crippen molar-refractivity contribution in [2.45, 2.75) is 26.2 Å². The van der Waals surface area contributed by atoms with Gasteiger partial charge in [-0.25, -0.2) is 4.98 Å². The summed E-state index contributed by atoms with van der Waals surface area (Å²) < 4.78 is 0. The molecule has 0 fully saturated rings. The second kappa shape index (κ2) is 7.01. The Morgan fingerprint density at radius 2 is 1.78 bits per heavy atom. The minimum absolute atomic E-state index is 0.246. The van der Waals surface area contributed by atoms with Gasteiger partial charge >= 0.3 is 0 Å². The summed E-state index contributed by atoms with van der Waals surface area (Å²) in [4.78, 5) is 20.9. The Morgan fingerprint density at radius 1 is 1.04 bits per heavy atom. The SMILES string of the molecule is CCCCc1ccc(NC(=O)c2cnc3ccccc3n2)cc1. The number of hydrogen-bond acceptors (Lipinski definition) is 3. The van der Waals surface area contributed by atoms with Crippen molar-refractivity contribution in [3.8, 4) is 0 Å². The summed E-state index contributed by atoms with van der Waals surface area (Å²) in [6.07, 6.45) is 4.94. The summed E-state index contributed by atoms with van der Waals surface area (Å²) in [5.74, 6) is -0.246. The molecule has 4 heteroatoms. The molecular formula is C19H19N3O. The Bertz CT molecular complexity index is 812. The van der Waals surface area contributed by atoms with Crippen LogP contribution in [0.15, 0.2) is 54.7 Å². The molecule has 3 rings (SSSR count). The number of anilines is 1. The fourth-order valence-electron chi connectivity index (χ4n) is 2.40. The van der Waals surface area contributed by atoms with Gasteiger partial charge < -0.3 is 5.32 Å². The van der Waals surface area contributed by atoms with Crippen LogP contribution in [0.1, 0.15) is 35.8 Å². The number of hydrogen-bond donors (Lipinski definition) is 1. The molecule has 0 saturated carbocycles. The summed E-state index contributed by atoms with van der Waals surface area (Å²) in [5.41, 5.74) is 3.87.